The number of nitrogens with zero attached hydrogens (tertiary/aromatic N) is 2. The van der Waals surface area contributed by atoms with Crippen LogP contribution >= 0.6 is 0 Å². The highest BCUT2D eigenvalue weighted by molar-refractivity contribution is 7.89. The summed E-state index contributed by atoms with van der Waals surface area (Å²) in [5.74, 6) is 1.32. The second-order valence-electron chi connectivity index (χ2n) is 4.51. The summed E-state index contributed by atoms with van der Waals surface area (Å²) < 4.78 is 33.8. The average molecular weight is 310 g/mol. The van der Waals surface area contributed by atoms with Crippen molar-refractivity contribution in [1.82, 2.24) is 14.3 Å². The fraction of sp³-hybridized carbons (Fsp3) is 0.308. The average Bonchev–Trinajstić information content (AvgIpc) is 2.83. The van der Waals surface area contributed by atoms with Crippen molar-refractivity contribution in [3.8, 4) is 5.75 Å². The van der Waals surface area contributed by atoms with Crippen molar-refractivity contribution in [2.45, 2.75) is 11.3 Å². The van der Waals surface area contributed by atoms with Crippen LogP contribution in [0.25, 0.3) is 0 Å². The van der Waals surface area contributed by atoms with E-state index in [1.807, 2.05) is 17.8 Å². The molecule has 1 aromatic heterocycles. The van der Waals surface area contributed by atoms with Gasteiger partial charge in [-0.05, 0) is 12.1 Å². The molecule has 1 aromatic carbocycles. The quantitative estimate of drug-likeness (QED) is 0.758. The van der Waals surface area contributed by atoms with E-state index in [-0.39, 0.29) is 17.1 Å². The number of anilines is 1. The molecular weight excluding hydrogens is 292 g/mol. The minimum Gasteiger partial charge on any atom is -0.497 e. The number of methoxy groups -OCH3 is 1. The molecule has 1 heterocycles. The Morgan fingerprint density at radius 3 is 2.76 bits per heavy atom. The van der Waals surface area contributed by atoms with E-state index in [0.717, 1.165) is 5.82 Å². The van der Waals surface area contributed by atoms with Crippen LogP contribution in [0.15, 0.2) is 35.5 Å². The smallest absolute Gasteiger partial charge is 0.242 e. The fourth-order valence-electron chi connectivity index (χ4n) is 1.91. The molecule has 0 radical (unpaired) electrons. The third-order valence-corrected chi connectivity index (χ3v) is 4.60. The number of aromatic nitrogens is 2. The predicted molar refractivity (Wildman–Crippen MR) is 79.5 cm³/mol. The largest absolute Gasteiger partial charge is 0.497 e. The molecule has 0 aliphatic rings. The molecule has 2 aromatic rings. The number of aryl methyl sites for hydroxylation is 1. The number of nitrogens with two attached hydrogens (primary N) is 1. The lowest BCUT2D eigenvalue weighted by Crippen LogP contribution is -2.27. The van der Waals surface area contributed by atoms with Crippen molar-refractivity contribution in [3.63, 3.8) is 0 Å². The fourth-order valence-corrected chi connectivity index (χ4v) is 3.05. The highest BCUT2D eigenvalue weighted by Crippen LogP contribution is 2.23. The van der Waals surface area contributed by atoms with Crippen molar-refractivity contribution in [3.05, 3.63) is 36.4 Å². The summed E-state index contributed by atoms with van der Waals surface area (Å²) >= 11 is 0. The van der Waals surface area contributed by atoms with Gasteiger partial charge in [-0.3, -0.25) is 0 Å². The number of hydrogen-bond acceptors (Lipinski definition) is 5. The van der Waals surface area contributed by atoms with E-state index in [9.17, 15) is 8.42 Å². The lowest BCUT2D eigenvalue weighted by molar-refractivity contribution is 0.414. The van der Waals surface area contributed by atoms with Gasteiger partial charge in [-0.25, -0.2) is 18.1 Å². The summed E-state index contributed by atoms with van der Waals surface area (Å²) in [6, 6.07) is 4.47. The Balaban J connectivity index is 2.06. The number of nitrogens with one attached hydrogen (secondary N) is 1. The van der Waals surface area contributed by atoms with E-state index in [0.29, 0.717) is 12.2 Å². The molecule has 7 nitrogen and oxygen atoms in total. The van der Waals surface area contributed by atoms with Crippen molar-refractivity contribution >= 4 is 15.7 Å². The number of benzene rings is 1. The minimum atomic E-state index is -3.65. The van der Waals surface area contributed by atoms with Gasteiger partial charge in [0.25, 0.3) is 0 Å². The molecular formula is C13H18N4O3S. The molecule has 21 heavy (non-hydrogen) atoms. The van der Waals surface area contributed by atoms with Crippen LogP contribution in [-0.4, -0.2) is 31.6 Å². The van der Waals surface area contributed by atoms with Crippen LogP contribution in [0.1, 0.15) is 5.82 Å². The van der Waals surface area contributed by atoms with Gasteiger partial charge in [-0.1, -0.05) is 0 Å². The van der Waals surface area contributed by atoms with Crippen molar-refractivity contribution < 1.29 is 13.2 Å². The normalized spacial score (nSPS) is 11.5. The standard InChI is InChI=1S/C13H18N4O3S/c1-17-8-7-15-13(17)5-6-16-21(18,19)12-4-3-10(20-2)9-11(12)14/h3-4,7-9,16H,5-6,14H2,1-2H3. The van der Waals surface area contributed by atoms with Crippen molar-refractivity contribution in [2.24, 2.45) is 7.05 Å². The van der Waals surface area contributed by atoms with Crippen LogP contribution < -0.4 is 15.2 Å². The molecule has 114 valence electrons. The number of nitrogen functional groups attached to an aromatic ring is 1. The molecule has 0 unspecified atom stereocenters. The maximum Gasteiger partial charge on any atom is 0.242 e. The molecule has 3 N–H and O–H groups in total. The molecule has 0 spiro atoms. The predicted octanol–water partition coefficient (Wildman–Crippen LogP) is 0.532. The van der Waals surface area contributed by atoms with E-state index < -0.39 is 10.0 Å². The van der Waals surface area contributed by atoms with Crippen molar-refractivity contribution in [1.29, 1.82) is 0 Å². The number of rotatable bonds is 6. The summed E-state index contributed by atoms with van der Waals surface area (Å²) in [6.07, 6.45) is 3.98. The lowest BCUT2D eigenvalue weighted by Gasteiger charge is -2.10. The number of imidazole rings is 1. The Morgan fingerprint density at radius 1 is 1.43 bits per heavy atom. The first-order chi connectivity index (χ1) is 9.94. The maximum absolute atomic E-state index is 12.2. The van der Waals surface area contributed by atoms with E-state index in [1.165, 1.54) is 19.2 Å². The maximum atomic E-state index is 12.2. The zero-order valence-electron chi connectivity index (χ0n) is 11.9. The summed E-state index contributed by atoms with van der Waals surface area (Å²) in [7, 11) is -0.296. The zero-order chi connectivity index (χ0) is 15.5. The van der Waals surface area contributed by atoms with Gasteiger partial charge in [-0.2, -0.15) is 0 Å². The number of hydrogen-bond donors (Lipinski definition) is 2. The third kappa shape index (κ3) is 3.53. The topological polar surface area (TPSA) is 99.2 Å². The summed E-state index contributed by atoms with van der Waals surface area (Å²) in [5, 5.41) is 0. The zero-order valence-corrected chi connectivity index (χ0v) is 12.7. The molecule has 0 saturated carbocycles. The first kappa shape index (κ1) is 15.3. The van der Waals surface area contributed by atoms with Crippen LogP contribution in [-0.2, 0) is 23.5 Å². The van der Waals surface area contributed by atoms with Gasteiger partial charge < -0.3 is 15.0 Å². The van der Waals surface area contributed by atoms with Gasteiger partial charge in [0, 0.05) is 38.5 Å². The number of ether oxygens (including phenoxy) is 1. The van der Waals surface area contributed by atoms with E-state index in [1.54, 1.807) is 12.3 Å². The molecule has 0 fully saturated rings. The van der Waals surface area contributed by atoms with Crippen LogP contribution in [0, 0.1) is 0 Å². The summed E-state index contributed by atoms with van der Waals surface area (Å²) in [6.45, 7) is 0.249. The van der Waals surface area contributed by atoms with Crippen LogP contribution in [0.2, 0.25) is 0 Å². The highest BCUT2D eigenvalue weighted by Gasteiger charge is 2.17. The first-order valence-corrected chi connectivity index (χ1v) is 7.82. The third-order valence-electron chi connectivity index (χ3n) is 3.07. The first-order valence-electron chi connectivity index (χ1n) is 6.33. The SMILES string of the molecule is COc1ccc(S(=O)(=O)NCCc2nccn2C)c(N)c1. The molecule has 0 aliphatic heterocycles. The molecule has 0 amide bonds. The van der Waals surface area contributed by atoms with Gasteiger partial charge in [0.15, 0.2) is 0 Å². The van der Waals surface area contributed by atoms with Crippen LogP contribution in [0.3, 0.4) is 0 Å². The second-order valence-corrected chi connectivity index (χ2v) is 6.24. The van der Waals surface area contributed by atoms with Gasteiger partial charge in [0.1, 0.15) is 16.5 Å². The Bertz CT molecular complexity index is 725. The molecule has 0 atom stereocenters. The van der Waals surface area contributed by atoms with Gasteiger partial charge in [-0.15, -0.1) is 0 Å². The second kappa shape index (κ2) is 6.15. The van der Waals surface area contributed by atoms with E-state index in [4.69, 9.17) is 10.5 Å². The summed E-state index contributed by atoms with van der Waals surface area (Å²) in [4.78, 5) is 4.18. The minimum absolute atomic E-state index is 0.0446. The summed E-state index contributed by atoms with van der Waals surface area (Å²) in [5.41, 5.74) is 5.91. The van der Waals surface area contributed by atoms with Crippen LogP contribution in [0.4, 0.5) is 5.69 Å². The lowest BCUT2D eigenvalue weighted by atomic mass is 10.3. The monoisotopic (exact) mass is 310 g/mol. The van der Waals surface area contributed by atoms with Gasteiger partial charge >= 0.3 is 0 Å². The molecule has 0 aliphatic carbocycles. The molecule has 8 heteroatoms. The highest BCUT2D eigenvalue weighted by atomic mass is 32.2. The Morgan fingerprint density at radius 2 is 2.19 bits per heavy atom. The van der Waals surface area contributed by atoms with Crippen LogP contribution in [0.5, 0.6) is 5.75 Å². The van der Waals surface area contributed by atoms with E-state index in [2.05, 4.69) is 9.71 Å². The molecule has 2 rings (SSSR count). The number of sulfonamides is 1. The molecule has 0 saturated heterocycles. The Labute approximate surface area is 123 Å². The van der Waals surface area contributed by atoms with Gasteiger partial charge in [0.05, 0.1) is 12.8 Å². The van der Waals surface area contributed by atoms with Gasteiger partial charge in [0.2, 0.25) is 10.0 Å². The molecule has 0 bridgehead atoms. The van der Waals surface area contributed by atoms with E-state index >= 15 is 0 Å². The van der Waals surface area contributed by atoms with Crippen molar-refractivity contribution in [2.75, 3.05) is 19.4 Å². The Hall–Kier alpha value is -2.06. The Kier molecular flexibility index (Phi) is 4.49.